The molecular weight excluding hydrogens is 322 g/mol. The van der Waals surface area contributed by atoms with E-state index in [1.165, 1.54) is 0 Å². The zero-order chi connectivity index (χ0) is 16.9. The molecule has 0 radical (unpaired) electrons. The topological polar surface area (TPSA) is 63.2 Å². The molecule has 1 aromatic carbocycles. The number of ether oxygens (including phenoxy) is 1. The van der Waals surface area contributed by atoms with Crippen molar-refractivity contribution in [3.8, 4) is 5.75 Å². The molecule has 3 rings (SSSR count). The summed E-state index contributed by atoms with van der Waals surface area (Å²) in [6.45, 7) is 4.98. The largest absolute Gasteiger partial charge is 0.494 e. The quantitative estimate of drug-likeness (QED) is 0.802. The molecule has 1 aliphatic rings. The number of benzene rings is 1. The number of aromatic nitrogens is 1. The van der Waals surface area contributed by atoms with Gasteiger partial charge in [0.15, 0.2) is 0 Å². The second-order valence-electron chi connectivity index (χ2n) is 6.01. The first-order valence-electron chi connectivity index (χ1n) is 8.34. The zero-order valence-electron chi connectivity index (χ0n) is 14.0. The fraction of sp³-hybridized carbons (Fsp3) is 0.444. The molecule has 24 heavy (non-hydrogen) atoms. The average Bonchev–Trinajstić information content (AvgIpc) is 3.33. The van der Waals surface area contributed by atoms with E-state index < -0.39 is 0 Å². The smallest absolute Gasteiger partial charge is 0.315 e. The number of nitrogens with one attached hydrogen (secondary N) is 2. The van der Waals surface area contributed by atoms with Gasteiger partial charge in [-0.2, -0.15) is 0 Å². The molecule has 0 saturated heterocycles. The van der Waals surface area contributed by atoms with Crippen molar-refractivity contribution in [3.05, 3.63) is 45.9 Å². The lowest BCUT2D eigenvalue weighted by Gasteiger charge is -2.17. The van der Waals surface area contributed by atoms with Gasteiger partial charge in [-0.25, -0.2) is 9.78 Å². The number of amides is 2. The van der Waals surface area contributed by atoms with Gasteiger partial charge >= 0.3 is 6.03 Å². The third-order valence-electron chi connectivity index (χ3n) is 3.99. The summed E-state index contributed by atoms with van der Waals surface area (Å²) in [5.41, 5.74) is 1.98. The highest BCUT2D eigenvalue weighted by Crippen LogP contribution is 2.41. The van der Waals surface area contributed by atoms with Gasteiger partial charge in [0.25, 0.3) is 0 Å². The Morgan fingerprint density at radius 3 is 2.88 bits per heavy atom. The minimum atomic E-state index is -0.161. The van der Waals surface area contributed by atoms with Crippen LogP contribution in [0.3, 0.4) is 0 Å². The predicted octanol–water partition coefficient (Wildman–Crippen LogP) is 3.80. The van der Waals surface area contributed by atoms with Crippen LogP contribution < -0.4 is 15.4 Å². The summed E-state index contributed by atoms with van der Waals surface area (Å²) < 4.78 is 5.59. The maximum atomic E-state index is 12.3. The molecule has 1 aromatic heterocycles. The fourth-order valence-corrected chi connectivity index (χ4v) is 3.58. The lowest BCUT2D eigenvalue weighted by Crippen LogP contribution is -2.38. The third kappa shape index (κ3) is 4.26. The van der Waals surface area contributed by atoms with E-state index in [1.807, 2.05) is 43.5 Å². The Hall–Kier alpha value is -2.08. The van der Waals surface area contributed by atoms with E-state index in [-0.39, 0.29) is 12.1 Å². The van der Waals surface area contributed by atoms with Gasteiger partial charge in [0, 0.05) is 23.2 Å². The van der Waals surface area contributed by atoms with E-state index in [2.05, 4.69) is 15.6 Å². The molecule has 6 heteroatoms. The second-order valence-corrected chi connectivity index (χ2v) is 6.90. The van der Waals surface area contributed by atoms with Crippen molar-refractivity contribution in [2.75, 3.05) is 6.61 Å². The number of para-hydroxylation sites is 1. The number of thiazole rings is 1. The number of carbonyl (C=O) groups is 1. The number of urea groups is 1. The molecule has 1 heterocycles. The highest BCUT2D eigenvalue weighted by molar-refractivity contribution is 7.09. The molecule has 0 spiro atoms. The molecule has 5 nitrogen and oxygen atoms in total. The average molecular weight is 345 g/mol. The van der Waals surface area contributed by atoms with Crippen LogP contribution >= 0.6 is 11.3 Å². The van der Waals surface area contributed by atoms with Gasteiger partial charge in [0.1, 0.15) is 10.8 Å². The number of rotatable bonds is 7. The van der Waals surface area contributed by atoms with E-state index in [0.29, 0.717) is 19.1 Å². The van der Waals surface area contributed by atoms with Crippen LogP contribution in [0.4, 0.5) is 4.79 Å². The molecule has 1 fully saturated rings. The van der Waals surface area contributed by atoms with Crippen molar-refractivity contribution in [1.29, 1.82) is 0 Å². The maximum absolute atomic E-state index is 12.3. The van der Waals surface area contributed by atoms with Crippen LogP contribution in [0.5, 0.6) is 5.75 Å². The van der Waals surface area contributed by atoms with Gasteiger partial charge in [-0.1, -0.05) is 18.2 Å². The fourth-order valence-electron chi connectivity index (χ4n) is 2.64. The van der Waals surface area contributed by atoms with Gasteiger partial charge in [-0.3, -0.25) is 0 Å². The van der Waals surface area contributed by atoms with Crippen LogP contribution in [0.15, 0.2) is 29.6 Å². The van der Waals surface area contributed by atoms with Crippen LogP contribution in [0.25, 0.3) is 0 Å². The van der Waals surface area contributed by atoms with E-state index >= 15 is 0 Å². The minimum Gasteiger partial charge on any atom is -0.494 e. The first-order chi connectivity index (χ1) is 11.7. The van der Waals surface area contributed by atoms with Gasteiger partial charge in [-0.15, -0.1) is 11.3 Å². The molecule has 2 amide bonds. The summed E-state index contributed by atoms with van der Waals surface area (Å²) in [6.07, 6.45) is 2.30. The van der Waals surface area contributed by atoms with Gasteiger partial charge in [0.05, 0.1) is 12.6 Å². The number of carbonyl (C=O) groups excluding carboxylic acids is 1. The molecule has 1 saturated carbocycles. The minimum absolute atomic E-state index is 0.0193. The van der Waals surface area contributed by atoms with Crippen LogP contribution in [0.1, 0.15) is 42.1 Å². The number of aryl methyl sites for hydroxylation is 1. The normalized spacial score (nSPS) is 14.9. The van der Waals surface area contributed by atoms with Crippen molar-refractivity contribution >= 4 is 17.4 Å². The predicted molar refractivity (Wildman–Crippen MR) is 95.3 cm³/mol. The Bertz CT molecular complexity index is 697. The van der Waals surface area contributed by atoms with Crippen molar-refractivity contribution in [1.82, 2.24) is 15.6 Å². The molecule has 0 bridgehead atoms. The Labute approximate surface area is 146 Å². The second kappa shape index (κ2) is 7.66. The van der Waals surface area contributed by atoms with Crippen LogP contribution in [-0.2, 0) is 6.54 Å². The summed E-state index contributed by atoms with van der Waals surface area (Å²) in [7, 11) is 0. The van der Waals surface area contributed by atoms with Crippen molar-refractivity contribution in [2.45, 2.75) is 39.3 Å². The maximum Gasteiger partial charge on any atom is 0.315 e. The Kier molecular flexibility index (Phi) is 5.35. The molecular formula is C18H23N3O2S. The summed E-state index contributed by atoms with van der Waals surface area (Å²) >= 11 is 1.62. The lowest BCUT2D eigenvalue weighted by molar-refractivity contribution is 0.235. The summed E-state index contributed by atoms with van der Waals surface area (Å²) in [4.78, 5) is 16.9. The molecule has 0 aliphatic heterocycles. The molecule has 1 atom stereocenters. The van der Waals surface area contributed by atoms with Gasteiger partial charge in [-0.05, 0) is 38.7 Å². The van der Waals surface area contributed by atoms with Gasteiger partial charge < -0.3 is 15.4 Å². The Morgan fingerprint density at radius 2 is 2.21 bits per heavy atom. The zero-order valence-corrected chi connectivity index (χ0v) is 14.9. The third-order valence-corrected chi connectivity index (χ3v) is 5.04. The van der Waals surface area contributed by atoms with Crippen LogP contribution in [0.2, 0.25) is 0 Å². The first-order valence-corrected chi connectivity index (χ1v) is 9.22. The van der Waals surface area contributed by atoms with E-state index in [1.54, 1.807) is 11.3 Å². The lowest BCUT2D eigenvalue weighted by atomic mass is 10.2. The Morgan fingerprint density at radius 1 is 1.42 bits per heavy atom. The molecule has 2 N–H and O–H groups in total. The SMILES string of the molecule is CCOc1ccccc1CNC(=O)N[C@H](c1nc(C)cs1)C1CC1. The Balaban J connectivity index is 1.59. The van der Waals surface area contributed by atoms with Gasteiger partial charge in [0.2, 0.25) is 0 Å². The van der Waals surface area contributed by atoms with Crippen molar-refractivity contribution < 1.29 is 9.53 Å². The number of hydrogen-bond donors (Lipinski definition) is 2. The standard InChI is InChI=1S/C18H23N3O2S/c1-3-23-15-7-5-4-6-14(15)10-19-18(22)21-16(13-8-9-13)17-20-12(2)11-24-17/h4-7,11,13,16H,3,8-10H2,1-2H3,(H2,19,21,22)/t16-/m0/s1. The number of nitrogens with zero attached hydrogens (tertiary/aromatic N) is 1. The number of hydrogen-bond acceptors (Lipinski definition) is 4. The van der Waals surface area contributed by atoms with E-state index in [4.69, 9.17) is 4.74 Å². The summed E-state index contributed by atoms with van der Waals surface area (Å²) in [6, 6.07) is 7.62. The van der Waals surface area contributed by atoms with E-state index in [0.717, 1.165) is 34.9 Å². The van der Waals surface area contributed by atoms with Crippen molar-refractivity contribution in [2.24, 2.45) is 5.92 Å². The molecule has 1 aliphatic carbocycles. The summed E-state index contributed by atoms with van der Waals surface area (Å²) in [5.74, 6) is 1.33. The first kappa shape index (κ1) is 16.8. The molecule has 128 valence electrons. The highest BCUT2D eigenvalue weighted by Gasteiger charge is 2.35. The van der Waals surface area contributed by atoms with Crippen LogP contribution in [0, 0.1) is 12.8 Å². The van der Waals surface area contributed by atoms with Crippen molar-refractivity contribution in [3.63, 3.8) is 0 Å². The monoisotopic (exact) mass is 345 g/mol. The highest BCUT2D eigenvalue weighted by atomic mass is 32.1. The molecule has 2 aromatic rings. The molecule has 0 unspecified atom stereocenters. The van der Waals surface area contributed by atoms with E-state index in [9.17, 15) is 4.79 Å². The summed E-state index contributed by atoms with van der Waals surface area (Å²) in [5, 5.41) is 9.05. The van der Waals surface area contributed by atoms with Crippen LogP contribution in [-0.4, -0.2) is 17.6 Å².